The van der Waals surface area contributed by atoms with Gasteiger partial charge in [0.15, 0.2) is 0 Å². The number of nitrogens with one attached hydrogen (secondary N) is 2. The predicted octanol–water partition coefficient (Wildman–Crippen LogP) is 0.578. The standard InChI is InChI=1S/C11H18N4O/c1-8(2)9-7-10(14-13-9)11(16)15-5-3-12-4-6-15/h7-8,12H,3-6H2,1-2H3,(H,13,14). The van der Waals surface area contributed by atoms with Crippen molar-refractivity contribution in [3.8, 4) is 0 Å². The van der Waals surface area contributed by atoms with Gasteiger partial charge < -0.3 is 10.2 Å². The summed E-state index contributed by atoms with van der Waals surface area (Å²) in [5.74, 6) is 0.404. The summed E-state index contributed by atoms with van der Waals surface area (Å²) in [6, 6.07) is 1.86. The second-order valence-electron chi connectivity index (χ2n) is 4.41. The maximum Gasteiger partial charge on any atom is 0.274 e. The molecule has 2 heterocycles. The molecule has 2 N–H and O–H groups in total. The lowest BCUT2D eigenvalue weighted by atomic mass is 10.1. The van der Waals surface area contributed by atoms with Gasteiger partial charge in [0.2, 0.25) is 0 Å². The zero-order valence-corrected chi connectivity index (χ0v) is 9.79. The van der Waals surface area contributed by atoms with Crippen molar-refractivity contribution in [2.75, 3.05) is 26.2 Å². The van der Waals surface area contributed by atoms with Crippen LogP contribution >= 0.6 is 0 Å². The Morgan fingerprint density at radius 3 is 2.69 bits per heavy atom. The van der Waals surface area contributed by atoms with Crippen LogP contribution in [0.3, 0.4) is 0 Å². The number of carbonyl (C=O) groups excluding carboxylic acids is 1. The lowest BCUT2D eigenvalue weighted by molar-refractivity contribution is 0.0730. The number of rotatable bonds is 2. The molecule has 5 heteroatoms. The van der Waals surface area contributed by atoms with Crippen molar-refractivity contribution in [2.45, 2.75) is 19.8 Å². The summed E-state index contributed by atoms with van der Waals surface area (Å²) < 4.78 is 0. The Hall–Kier alpha value is -1.36. The van der Waals surface area contributed by atoms with Crippen LogP contribution in [0.4, 0.5) is 0 Å². The van der Waals surface area contributed by atoms with Crippen LogP contribution in [-0.4, -0.2) is 47.2 Å². The molecular weight excluding hydrogens is 204 g/mol. The average Bonchev–Trinajstić information content (AvgIpc) is 2.78. The summed E-state index contributed by atoms with van der Waals surface area (Å²) >= 11 is 0. The summed E-state index contributed by atoms with van der Waals surface area (Å²) in [6.07, 6.45) is 0. The fourth-order valence-electron chi connectivity index (χ4n) is 1.77. The molecule has 2 rings (SSSR count). The van der Waals surface area contributed by atoms with Gasteiger partial charge in [-0.2, -0.15) is 5.10 Å². The number of aromatic amines is 1. The minimum Gasteiger partial charge on any atom is -0.335 e. The maximum absolute atomic E-state index is 12.1. The molecule has 5 nitrogen and oxygen atoms in total. The van der Waals surface area contributed by atoms with Crippen molar-refractivity contribution in [3.05, 3.63) is 17.5 Å². The van der Waals surface area contributed by atoms with Gasteiger partial charge in [-0.1, -0.05) is 13.8 Å². The van der Waals surface area contributed by atoms with E-state index in [9.17, 15) is 4.79 Å². The van der Waals surface area contributed by atoms with Crippen LogP contribution in [0, 0.1) is 0 Å². The normalized spacial score (nSPS) is 16.8. The Labute approximate surface area is 95.2 Å². The summed E-state index contributed by atoms with van der Waals surface area (Å²) in [5, 5.41) is 10.2. The van der Waals surface area contributed by atoms with E-state index in [0.29, 0.717) is 11.6 Å². The molecule has 1 fully saturated rings. The van der Waals surface area contributed by atoms with E-state index in [1.165, 1.54) is 0 Å². The van der Waals surface area contributed by atoms with E-state index >= 15 is 0 Å². The van der Waals surface area contributed by atoms with Gasteiger partial charge >= 0.3 is 0 Å². The average molecular weight is 222 g/mol. The molecule has 1 amide bonds. The van der Waals surface area contributed by atoms with Crippen LogP contribution in [0.5, 0.6) is 0 Å². The van der Waals surface area contributed by atoms with Gasteiger partial charge in [0.1, 0.15) is 5.69 Å². The molecule has 0 aromatic carbocycles. The third kappa shape index (κ3) is 2.24. The minimum absolute atomic E-state index is 0.0321. The number of nitrogens with zero attached hydrogens (tertiary/aromatic N) is 2. The van der Waals surface area contributed by atoms with Crippen molar-refractivity contribution in [1.82, 2.24) is 20.4 Å². The number of H-pyrrole nitrogens is 1. The highest BCUT2D eigenvalue weighted by Gasteiger charge is 2.20. The Balaban J connectivity index is 2.07. The molecule has 0 aliphatic carbocycles. The fourth-order valence-corrected chi connectivity index (χ4v) is 1.77. The van der Waals surface area contributed by atoms with Crippen molar-refractivity contribution >= 4 is 5.91 Å². The van der Waals surface area contributed by atoms with E-state index in [1.807, 2.05) is 11.0 Å². The number of carbonyl (C=O) groups is 1. The summed E-state index contributed by atoms with van der Waals surface area (Å²) in [5.41, 5.74) is 1.55. The molecule has 1 saturated heterocycles. The molecule has 1 aromatic heterocycles. The lowest BCUT2D eigenvalue weighted by Crippen LogP contribution is -2.46. The van der Waals surface area contributed by atoms with Crippen LogP contribution in [-0.2, 0) is 0 Å². The third-order valence-electron chi connectivity index (χ3n) is 2.84. The number of amides is 1. The summed E-state index contributed by atoms with van der Waals surface area (Å²) in [6.45, 7) is 7.42. The van der Waals surface area contributed by atoms with Gasteiger partial charge in [-0.15, -0.1) is 0 Å². The first-order valence-electron chi connectivity index (χ1n) is 5.74. The van der Waals surface area contributed by atoms with Gasteiger partial charge in [0.25, 0.3) is 5.91 Å². The molecule has 88 valence electrons. The predicted molar refractivity (Wildman–Crippen MR) is 61.4 cm³/mol. The molecule has 0 atom stereocenters. The third-order valence-corrected chi connectivity index (χ3v) is 2.84. The van der Waals surface area contributed by atoms with E-state index in [-0.39, 0.29) is 5.91 Å². The molecule has 0 saturated carbocycles. The van der Waals surface area contributed by atoms with Crippen LogP contribution in [0.15, 0.2) is 6.07 Å². The first kappa shape index (κ1) is 11.1. The van der Waals surface area contributed by atoms with Crippen molar-refractivity contribution in [3.63, 3.8) is 0 Å². The topological polar surface area (TPSA) is 61.0 Å². The molecule has 0 unspecified atom stereocenters. The fraction of sp³-hybridized carbons (Fsp3) is 0.636. The minimum atomic E-state index is 0.0321. The highest BCUT2D eigenvalue weighted by Crippen LogP contribution is 2.13. The van der Waals surface area contributed by atoms with Gasteiger partial charge in [0.05, 0.1) is 0 Å². The smallest absolute Gasteiger partial charge is 0.274 e. The Kier molecular flexibility index (Phi) is 3.24. The van der Waals surface area contributed by atoms with Crippen molar-refractivity contribution < 1.29 is 4.79 Å². The van der Waals surface area contributed by atoms with E-state index in [0.717, 1.165) is 31.9 Å². The monoisotopic (exact) mass is 222 g/mol. The Morgan fingerprint density at radius 1 is 1.44 bits per heavy atom. The highest BCUT2D eigenvalue weighted by atomic mass is 16.2. The van der Waals surface area contributed by atoms with Crippen LogP contribution in [0.1, 0.15) is 35.9 Å². The van der Waals surface area contributed by atoms with Gasteiger partial charge in [-0.3, -0.25) is 9.89 Å². The van der Waals surface area contributed by atoms with E-state index in [2.05, 4.69) is 29.4 Å². The van der Waals surface area contributed by atoms with Crippen LogP contribution < -0.4 is 5.32 Å². The first-order valence-corrected chi connectivity index (χ1v) is 5.74. The van der Waals surface area contributed by atoms with E-state index in [4.69, 9.17) is 0 Å². The molecule has 0 spiro atoms. The number of hydrogen-bond acceptors (Lipinski definition) is 3. The number of piperazine rings is 1. The number of hydrogen-bond donors (Lipinski definition) is 2. The quantitative estimate of drug-likeness (QED) is 0.769. The second-order valence-corrected chi connectivity index (χ2v) is 4.41. The van der Waals surface area contributed by atoms with Crippen LogP contribution in [0.25, 0.3) is 0 Å². The summed E-state index contributed by atoms with van der Waals surface area (Å²) in [4.78, 5) is 13.9. The van der Waals surface area contributed by atoms with Crippen molar-refractivity contribution in [1.29, 1.82) is 0 Å². The highest BCUT2D eigenvalue weighted by molar-refractivity contribution is 5.92. The second kappa shape index (κ2) is 4.65. The van der Waals surface area contributed by atoms with Gasteiger partial charge in [-0.25, -0.2) is 0 Å². The van der Waals surface area contributed by atoms with E-state index < -0.39 is 0 Å². The molecule has 1 aliphatic rings. The lowest BCUT2D eigenvalue weighted by Gasteiger charge is -2.26. The largest absolute Gasteiger partial charge is 0.335 e. The van der Waals surface area contributed by atoms with Gasteiger partial charge in [-0.05, 0) is 12.0 Å². The first-order chi connectivity index (χ1) is 7.68. The van der Waals surface area contributed by atoms with Crippen molar-refractivity contribution in [2.24, 2.45) is 0 Å². The SMILES string of the molecule is CC(C)c1cc(C(=O)N2CCNCC2)n[nH]1. The molecular formula is C11H18N4O. The zero-order chi connectivity index (χ0) is 11.5. The molecule has 0 radical (unpaired) electrons. The Morgan fingerprint density at radius 2 is 2.12 bits per heavy atom. The van der Waals surface area contributed by atoms with Crippen LogP contribution in [0.2, 0.25) is 0 Å². The molecule has 1 aliphatic heterocycles. The van der Waals surface area contributed by atoms with Gasteiger partial charge in [0, 0.05) is 31.9 Å². The Bertz CT molecular complexity index is 366. The van der Waals surface area contributed by atoms with E-state index in [1.54, 1.807) is 0 Å². The maximum atomic E-state index is 12.1. The molecule has 1 aromatic rings. The number of aromatic nitrogens is 2. The molecule has 16 heavy (non-hydrogen) atoms. The zero-order valence-electron chi connectivity index (χ0n) is 9.79. The molecule has 0 bridgehead atoms. The summed E-state index contributed by atoms with van der Waals surface area (Å²) in [7, 11) is 0.